The van der Waals surface area contributed by atoms with Crippen molar-refractivity contribution in [3.8, 4) is 0 Å². The second kappa shape index (κ2) is 9.73. The number of esters is 1. The topological polar surface area (TPSA) is 75.1 Å². The number of hydrogen-bond acceptors (Lipinski definition) is 6. The highest BCUT2D eigenvalue weighted by Crippen LogP contribution is 2.33. The van der Waals surface area contributed by atoms with E-state index in [9.17, 15) is 9.59 Å². The molecule has 2 atom stereocenters. The van der Waals surface area contributed by atoms with E-state index in [0.717, 1.165) is 36.9 Å². The molecule has 1 saturated heterocycles. The fraction of sp³-hybridized carbons (Fsp3) is 0.417. The van der Waals surface area contributed by atoms with Gasteiger partial charge in [0.25, 0.3) is 0 Å². The van der Waals surface area contributed by atoms with Crippen LogP contribution >= 0.6 is 0 Å². The molecule has 0 bridgehead atoms. The van der Waals surface area contributed by atoms with E-state index >= 15 is 0 Å². The molecule has 0 saturated carbocycles. The summed E-state index contributed by atoms with van der Waals surface area (Å²) in [6.07, 6.45) is 7.85. The van der Waals surface area contributed by atoms with Crippen LogP contribution in [0.4, 0.5) is 5.69 Å². The molecule has 2 unspecified atom stereocenters. The van der Waals surface area contributed by atoms with Crippen molar-refractivity contribution in [2.24, 2.45) is 5.10 Å². The average Bonchev–Trinajstić information content (AvgIpc) is 3.11. The van der Waals surface area contributed by atoms with Crippen molar-refractivity contribution in [3.05, 3.63) is 60.4 Å². The molecule has 2 aliphatic heterocycles. The normalized spacial score (nSPS) is 21.4. The zero-order valence-corrected chi connectivity index (χ0v) is 17.8. The smallest absolute Gasteiger partial charge is 0.354 e. The summed E-state index contributed by atoms with van der Waals surface area (Å²) in [5.74, 6) is -0.462. The first-order chi connectivity index (χ1) is 15.2. The predicted octanol–water partition coefficient (Wildman–Crippen LogP) is 3.72. The molecule has 0 N–H and O–H groups in total. The lowest BCUT2D eigenvalue weighted by molar-refractivity contribution is -0.135. The largest absolute Gasteiger partial charge is 0.461 e. The van der Waals surface area contributed by atoms with Crippen LogP contribution in [0.3, 0.4) is 0 Å². The average molecular weight is 421 g/mol. The van der Waals surface area contributed by atoms with E-state index in [-0.39, 0.29) is 25.0 Å². The molecule has 0 spiro atoms. The maximum Gasteiger partial charge on any atom is 0.354 e. The monoisotopic (exact) mass is 420 g/mol. The van der Waals surface area contributed by atoms with Gasteiger partial charge in [-0.05, 0) is 49.6 Å². The summed E-state index contributed by atoms with van der Waals surface area (Å²) in [5.41, 5.74) is 2.18. The minimum Gasteiger partial charge on any atom is -0.461 e. The van der Waals surface area contributed by atoms with E-state index in [0.29, 0.717) is 12.3 Å². The molecule has 1 aromatic carbocycles. The first-order valence-corrected chi connectivity index (χ1v) is 11.0. The lowest BCUT2D eigenvalue weighted by Gasteiger charge is -2.34. The maximum atomic E-state index is 13.9. The van der Waals surface area contributed by atoms with Gasteiger partial charge >= 0.3 is 5.97 Å². The maximum absolute atomic E-state index is 13.9. The van der Waals surface area contributed by atoms with Crippen LogP contribution in [-0.4, -0.2) is 46.7 Å². The Balaban J connectivity index is 1.65. The van der Waals surface area contributed by atoms with Gasteiger partial charge in [0.15, 0.2) is 0 Å². The quantitative estimate of drug-likeness (QED) is 0.689. The van der Waals surface area contributed by atoms with E-state index in [1.165, 1.54) is 0 Å². The van der Waals surface area contributed by atoms with Gasteiger partial charge in [0, 0.05) is 25.4 Å². The van der Waals surface area contributed by atoms with Crippen molar-refractivity contribution in [1.82, 2.24) is 9.88 Å². The first-order valence-electron chi connectivity index (χ1n) is 11.0. The number of para-hydroxylation sites is 1. The van der Waals surface area contributed by atoms with Crippen molar-refractivity contribution in [2.75, 3.05) is 18.2 Å². The van der Waals surface area contributed by atoms with Crippen LogP contribution in [0.2, 0.25) is 0 Å². The number of aromatic nitrogens is 1. The lowest BCUT2D eigenvalue weighted by Crippen LogP contribution is -2.47. The van der Waals surface area contributed by atoms with Crippen molar-refractivity contribution in [1.29, 1.82) is 0 Å². The number of carbonyl (C=O) groups is 2. The zero-order chi connectivity index (χ0) is 21.6. The third-order valence-electron chi connectivity index (χ3n) is 5.85. The third-order valence-corrected chi connectivity index (χ3v) is 5.85. The van der Waals surface area contributed by atoms with Gasteiger partial charge in [0.1, 0.15) is 11.8 Å². The Kier molecular flexibility index (Phi) is 6.60. The van der Waals surface area contributed by atoms with Crippen molar-refractivity contribution < 1.29 is 14.3 Å². The number of anilines is 1. The summed E-state index contributed by atoms with van der Waals surface area (Å²) < 4.78 is 5.17. The summed E-state index contributed by atoms with van der Waals surface area (Å²) in [4.78, 5) is 32.4. The Morgan fingerprint density at radius 2 is 1.84 bits per heavy atom. The minimum absolute atomic E-state index is 0.00210. The second-order valence-electron chi connectivity index (χ2n) is 7.84. The Bertz CT molecular complexity index is 932. The summed E-state index contributed by atoms with van der Waals surface area (Å²) in [5, 5.41) is 6.20. The van der Waals surface area contributed by atoms with Gasteiger partial charge in [-0.15, -0.1) is 0 Å². The Labute approximate surface area is 182 Å². The number of hydrogen-bond donors (Lipinski definition) is 0. The Morgan fingerprint density at radius 1 is 1.06 bits per heavy atom. The molecular weight excluding hydrogens is 392 g/mol. The molecule has 7 heteroatoms. The second-order valence-corrected chi connectivity index (χ2v) is 7.84. The number of amides is 1. The molecule has 2 aliphatic rings. The van der Waals surface area contributed by atoms with E-state index in [1.807, 2.05) is 47.4 Å². The van der Waals surface area contributed by atoms with Gasteiger partial charge in [-0.1, -0.05) is 31.0 Å². The molecule has 2 aromatic rings. The lowest BCUT2D eigenvalue weighted by atomic mass is 10.0. The van der Waals surface area contributed by atoms with Gasteiger partial charge < -0.3 is 9.64 Å². The summed E-state index contributed by atoms with van der Waals surface area (Å²) in [6.45, 7) is 2.74. The summed E-state index contributed by atoms with van der Waals surface area (Å²) >= 11 is 0. The first kappa shape index (κ1) is 21.0. The standard InChI is InChI=1S/C24H28N4O3/c1-2-31-24(30)20-17-22(28(26-20)19-9-5-3-6-10-19)23(29)27-16-8-4-7-11-21(27)18-12-14-25-15-13-18/h3,5-6,9-10,12-15,21-22H,2,4,7-8,11,16-17H2,1H3. The van der Waals surface area contributed by atoms with E-state index in [2.05, 4.69) is 10.1 Å². The molecule has 1 aromatic heterocycles. The molecule has 1 fully saturated rings. The number of benzene rings is 1. The number of ether oxygens (including phenoxy) is 1. The van der Waals surface area contributed by atoms with Gasteiger partial charge in [-0.25, -0.2) is 4.79 Å². The molecule has 4 rings (SSSR count). The van der Waals surface area contributed by atoms with Crippen LogP contribution in [0.5, 0.6) is 0 Å². The van der Waals surface area contributed by atoms with E-state index < -0.39 is 12.0 Å². The number of rotatable bonds is 5. The van der Waals surface area contributed by atoms with Crippen molar-refractivity contribution in [3.63, 3.8) is 0 Å². The van der Waals surface area contributed by atoms with Crippen LogP contribution in [-0.2, 0) is 14.3 Å². The van der Waals surface area contributed by atoms with E-state index in [4.69, 9.17) is 4.74 Å². The van der Waals surface area contributed by atoms with Crippen molar-refractivity contribution >= 4 is 23.3 Å². The summed E-state index contributed by atoms with van der Waals surface area (Å²) in [7, 11) is 0. The number of pyridine rings is 1. The van der Waals surface area contributed by atoms with E-state index in [1.54, 1.807) is 24.3 Å². The summed E-state index contributed by atoms with van der Waals surface area (Å²) in [6, 6.07) is 12.9. The molecule has 31 heavy (non-hydrogen) atoms. The molecule has 0 radical (unpaired) electrons. The Hall–Kier alpha value is -3.22. The van der Waals surface area contributed by atoms with Crippen LogP contribution < -0.4 is 5.01 Å². The highest BCUT2D eigenvalue weighted by atomic mass is 16.5. The molecular formula is C24H28N4O3. The van der Waals surface area contributed by atoms with Gasteiger partial charge in [-0.3, -0.25) is 14.8 Å². The molecule has 162 valence electrons. The molecule has 0 aliphatic carbocycles. The fourth-order valence-corrected chi connectivity index (χ4v) is 4.35. The fourth-order valence-electron chi connectivity index (χ4n) is 4.35. The number of likely N-dealkylation sites (tertiary alicyclic amines) is 1. The van der Waals surface area contributed by atoms with Crippen LogP contribution in [0, 0.1) is 0 Å². The molecule has 3 heterocycles. The van der Waals surface area contributed by atoms with Crippen LogP contribution in [0.1, 0.15) is 50.6 Å². The highest BCUT2D eigenvalue weighted by molar-refractivity contribution is 6.38. The van der Waals surface area contributed by atoms with Gasteiger partial charge in [0.05, 0.1) is 18.3 Å². The number of hydrazone groups is 1. The van der Waals surface area contributed by atoms with Crippen LogP contribution in [0.25, 0.3) is 0 Å². The predicted molar refractivity (Wildman–Crippen MR) is 119 cm³/mol. The zero-order valence-electron chi connectivity index (χ0n) is 17.8. The number of carbonyl (C=O) groups excluding carboxylic acids is 2. The van der Waals surface area contributed by atoms with Gasteiger partial charge in [-0.2, -0.15) is 5.10 Å². The molecule has 1 amide bonds. The van der Waals surface area contributed by atoms with Crippen molar-refractivity contribution in [2.45, 2.75) is 51.1 Å². The minimum atomic E-state index is -0.566. The Morgan fingerprint density at radius 3 is 2.58 bits per heavy atom. The molecule has 7 nitrogen and oxygen atoms in total. The van der Waals surface area contributed by atoms with Gasteiger partial charge in [0.2, 0.25) is 5.91 Å². The third kappa shape index (κ3) is 4.60. The van der Waals surface area contributed by atoms with Crippen LogP contribution in [0.15, 0.2) is 60.0 Å². The highest BCUT2D eigenvalue weighted by Gasteiger charge is 2.41. The SMILES string of the molecule is CCOC(=O)C1=NN(c2ccccc2)C(C(=O)N2CCCCCC2c2ccncc2)C1. The number of nitrogens with zero attached hydrogens (tertiary/aromatic N) is 4.